The Hall–Kier alpha value is -8.14. The lowest BCUT2D eigenvalue weighted by atomic mass is 9.71. The van der Waals surface area contributed by atoms with E-state index in [1.54, 1.807) is 0 Å². The zero-order valence-electron chi connectivity index (χ0n) is 55.3. The predicted molar refractivity (Wildman–Crippen MR) is 372 cm³/mol. The van der Waals surface area contributed by atoms with Crippen LogP contribution in [0.3, 0.4) is 0 Å². The molecule has 460 valence electrons. The molecule has 0 aliphatic rings. The summed E-state index contributed by atoms with van der Waals surface area (Å²) < 4.78 is 50.3. The Morgan fingerprint density at radius 2 is 0.787 bits per heavy atom. The van der Waals surface area contributed by atoms with E-state index in [0.29, 0.717) is 62.7 Å². The molecule has 0 unspecified atom stereocenters. The Labute approximate surface area is 526 Å². The Kier molecular flexibility index (Phi) is 16.2. The second-order valence-electron chi connectivity index (χ2n) is 29.7. The molecular formula is C80H88F2N2O4Si. The molecule has 0 amide bonds. The monoisotopic (exact) mass is 1210 g/mol. The average molecular weight is 1210 g/mol. The summed E-state index contributed by atoms with van der Waals surface area (Å²) in [5, 5.41) is 33.0. The van der Waals surface area contributed by atoms with Crippen LogP contribution in [-0.2, 0) is 10.8 Å². The molecule has 0 atom stereocenters. The molecular weight excluding hydrogens is 1120 g/mol. The number of ether oxygens (including phenoxy) is 2. The van der Waals surface area contributed by atoms with Gasteiger partial charge in [0.05, 0.1) is 46.7 Å². The Morgan fingerprint density at radius 1 is 0.416 bits per heavy atom. The van der Waals surface area contributed by atoms with Crippen molar-refractivity contribution in [2.75, 3.05) is 13.2 Å². The normalized spacial score (nSPS) is 12.8. The van der Waals surface area contributed by atoms with E-state index in [1.165, 1.54) is 34.6 Å². The van der Waals surface area contributed by atoms with Gasteiger partial charge in [-0.15, -0.1) is 0 Å². The van der Waals surface area contributed by atoms with E-state index in [1.807, 2.05) is 26.0 Å². The lowest BCUT2D eigenvalue weighted by molar-refractivity contribution is 0.246. The number of aromatic nitrogens is 2. The number of phenolic OH excluding ortho intramolecular Hbond substituents is 2. The van der Waals surface area contributed by atoms with Crippen LogP contribution in [0.2, 0.25) is 13.1 Å². The van der Waals surface area contributed by atoms with E-state index in [0.717, 1.165) is 84.3 Å². The minimum atomic E-state index is -2.20. The first kappa shape index (κ1) is 62.5. The number of aryl methyl sites for hydroxylation is 5. The van der Waals surface area contributed by atoms with Crippen LogP contribution >= 0.6 is 0 Å². The van der Waals surface area contributed by atoms with Crippen molar-refractivity contribution in [1.82, 2.24) is 9.13 Å². The van der Waals surface area contributed by atoms with E-state index in [2.05, 4.69) is 227 Å². The zero-order valence-corrected chi connectivity index (χ0v) is 56.3. The first-order chi connectivity index (χ1) is 41.8. The molecule has 6 nitrogen and oxygen atoms in total. The van der Waals surface area contributed by atoms with Crippen molar-refractivity contribution in [2.24, 2.45) is 10.8 Å². The maximum absolute atomic E-state index is 16.2. The molecule has 0 bridgehead atoms. The summed E-state index contributed by atoms with van der Waals surface area (Å²) in [5.74, 6) is 0.0537. The van der Waals surface area contributed by atoms with Gasteiger partial charge in [-0.05, 0) is 181 Å². The fourth-order valence-electron chi connectivity index (χ4n) is 14.6. The number of phenols is 2. The summed E-state index contributed by atoms with van der Waals surface area (Å²) in [6.45, 7) is 37.5. The summed E-state index contributed by atoms with van der Waals surface area (Å²) in [7, 11) is -2.20. The summed E-state index contributed by atoms with van der Waals surface area (Å²) in [6, 6.07) is 51.2. The quantitative estimate of drug-likeness (QED) is 0.0747. The van der Waals surface area contributed by atoms with Crippen molar-refractivity contribution in [2.45, 2.75) is 147 Å². The van der Waals surface area contributed by atoms with E-state index < -0.39 is 19.7 Å². The molecule has 2 N–H and O–H groups in total. The van der Waals surface area contributed by atoms with Gasteiger partial charge in [-0.2, -0.15) is 0 Å². The predicted octanol–water partition coefficient (Wildman–Crippen LogP) is 20.5. The fraction of sp³-hybridized carbons (Fsp3) is 0.325. The molecule has 2 heterocycles. The molecule has 0 aliphatic heterocycles. The lowest BCUT2D eigenvalue weighted by Crippen LogP contribution is -2.52. The number of aromatic hydroxyl groups is 2. The van der Waals surface area contributed by atoms with Crippen molar-refractivity contribution in [3.8, 4) is 56.6 Å². The highest BCUT2D eigenvalue weighted by molar-refractivity contribution is 7.00. The van der Waals surface area contributed by atoms with E-state index in [-0.39, 0.29) is 46.4 Å². The molecule has 0 saturated carbocycles. The van der Waals surface area contributed by atoms with Gasteiger partial charge in [-0.1, -0.05) is 172 Å². The maximum atomic E-state index is 16.2. The van der Waals surface area contributed by atoms with Gasteiger partial charge in [-0.3, -0.25) is 0 Å². The van der Waals surface area contributed by atoms with Crippen LogP contribution in [0, 0.1) is 57.1 Å². The maximum Gasteiger partial charge on any atom is 0.147 e. The third kappa shape index (κ3) is 12.1. The molecule has 89 heavy (non-hydrogen) atoms. The molecule has 0 saturated heterocycles. The first-order valence-corrected chi connectivity index (χ1v) is 34.5. The summed E-state index contributed by atoms with van der Waals surface area (Å²) in [6.07, 6.45) is 2.07. The summed E-state index contributed by atoms with van der Waals surface area (Å²) in [5.41, 5.74) is 12.5. The minimum Gasteiger partial charge on any atom is -0.505 e. The molecule has 0 fully saturated rings. The third-order valence-corrected chi connectivity index (χ3v) is 21.8. The van der Waals surface area contributed by atoms with Gasteiger partial charge in [0.25, 0.3) is 0 Å². The van der Waals surface area contributed by atoms with Crippen LogP contribution < -0.4 is 19.8 Å². The highest BCUT2D eigenvalue weighted by Gasteiger charge is 2.34. The topological polar surface area (TPSA) is 68.8 Å². The fourth-order valence-corrected chi connectivity index (χ4v) is 16.9. The van der Waals surface area contributed by atoms with Crippen LogP contribution in [-0.4, -0.2) is 40.6 Å². The smallest absolute Gasteiger partial charge is 0.147 e. The molecule has 2 aromatic heterocycles. The van der Waals surface area contributed by atoms with Gasteiger partial charge in [0.2, 0.25) is 0 Å². The first-order valence-electron chi connectivity index (χ1n) is 31.5. The van der Waals surface area contributed by atoms with Gasteiger partial charge in [0.1, 0.15) is 42.7 Å². The standard InChI is InChI=1S/C80H88F2N2O4Si/c1-48-24-28-59-60-29-25-49(2)35-68(60)83(67(59)34-48)71-41-53(79(12,13)46-77(6,7)8)39-63(73(71)85)65-43-55(81)37-51(4)75(65)87-32-21-33-88-76-52(5)38-56(82)44-66(76)64-40-54(80(14,15)47-78(9,10)11)42-72(74(64)86)84-69-36-50(3)26-30-61(69)62-31-27-58(45-70(62)84)89(16,17)57-22-19-18-20-23-57/h18-20,22-31,34-45,85-86H,21,32-33,46-47H2,1-17H3. The van der Waals surface area contributed by atoms with Crippen LogP contribution in [0.4, 0.5) is 8.78 Å². The number of hydrogen-bond acceptors (Lipinski definition) is 4. The second kappa shape index (κ2) is 23.0. The molecule has 0 aliphatic carbocycles. The van der Waals surface area contributed by atoms with Gasteiger partial charge >= 0.3 is 0 Å². The van der Waals surface area contributed by atoms with Gasteiger partial charge in [0, 0.05) is 50.2 Å². The molecule has 11 aromatic rings. The molecule has 11 rings (SSSR count). The van der Waals surface area contributed by atoms with Gasteiger partial charge < -0.3 is 28.8 Å². The van der Waals surface area contributed by atoms with E-state index in [4.69, 9.17) is 9.47 Å². The lowest BCUT2D eigenvalue weighted by Gasteiger charge is -2.34. The average Bonchev–Trinajstić information content (AvgIpc) is 1.65. The number of nitrogens with zero attached hydrogens (tertiary/aromatic N) is 2. The Bertz CT molecular complexity index is 4510. The Morgan fingerprint density at radius 3 is 1.17 bits per heavy atom. The SMILES string of the molecule is Cc1ccc2c3ccc(C)cc3n(-c3cc(C(C)(C)CC(C)(C)C)cc(-c4cc(F)cc(C)c4OCCCOc4c(C)cc(F)cc4-c4cc(C(C)(C)CC(C)(C)C)cc(-n5c6cc(C)ccc6c6ccc([Si](C)(C)c7ccccc7)cc65)c4O)c3O)c2c1. The highest BCUT2D eigenvalue weighted by atomic mass is 28.3. The number of halogens is 2. The minimum absolute atomic E-state index is 0.0172. The number of benzene rings is 9. The van der Waals surface area contributed by atoms with Gasteiger partial charge in [0.15, 0.2) is 0 Å². The van der Waals surface area contributed by atoms with Crippen LogP contribution in [0.25, 0.3) is 77.2 Å². The van der Waals surface area contributed by atoms with Crippen LogP contribution in [0.1, 0.15) is 127 Å². The van der Waals surface area contributed by atoms with E-state index >= 15 is 8.78 Å². The summed E-state index contributed by atoms with van der Waals surface area (Å²) in [4.78, 5) is 0. The number of fused-ring (bicyclic) bond motifs is 6. The zero-order chi connectivity index (χ0) is 64.0. The molecule has 0 spiro atoms. The number of hydrogen-bond donors (Lipinski definition) is 2. The highest BCUT2D eigenvalue weighted by Crippen LogP contribution is 2.50. The van der Waals surface area contributed by atoms with Crippen molar-refractivity contribution in [1.29, 1.82) is 0 Å². The van der Waals surface area contributed by atoms with Crippen LogP contribution in [0.5, 0.6) is 23.0 Å². The largest absolute Gasteiger partial charge is 0.505 e. The van der Waals surface area contributed by atoms with Gasteiger partial charge in [-0.25, -0.2) is 8.78 Å². The van der Waals surface area contributed by atoms with Crippen molar-refractivity contribution in [3.05, 3.63) is 202 Å². The second-order valence-corrected chi connectivity index (χ2v) is 34.1. The molecule has 9 aromatic carbocycles. The molecule has 0 radical (unpaired) electrons. The summed E-state index contributed by atoms with van der Waals surface area (Å²) >= 11 is 0. The van der Waals surface area contributed by atoms with Crippen molar-refractivity contribution >= 4 is 62.1 Å². The third-order valence-electron chi connectivity index (χ3n) is 18.2. The Balaban J connectivity index is 0.986. The van der Waals surface area contributed by atoms with E-state index in [9.17, 15) is 10.2 Å². The van der Waals surface area contributed by atoms with Crippen LogP contribution in [0.15, 0.2) is 152 Å². The molecule has 9 heteroatoms. The van der Waals surface area contributed by atoms with Crippen molar-refractivity contribution in [3.63, 3.8) is 0 Å². The van der Waals surface area contributed by atoms with Crippen molar-refractivity contribution < 1.29 is 28.5 Å². The number of rotatable bonds is 16.